The minimum Gasteiger partial charge on any atom is -0.481 e. The number of hydrogen-bond acceptors (Lipinski definition) is 5. The number of aliphatic hydroxyl groups excluding tert-OH is 2. The lowest BCUT2D eigenvalue weighted by atomic mass is 10.1. The van der Waals surface area contributed by atoms with Gasteiger partial charge in [0.25, 0.3) is 5.91 Å². The number of halogens is 1. The summed E-state index contributed by atoms with van der Waals surface area (Å²) >= 11 is 5.88. The molecule has 0 spiro atoms. The van der Waals surface area contributed by atoms with Crippen LogP contribution in [0.1, 0.15) is 6.42 Å². The van der Waals surface area contributed by atoms with Crippen LogP contribution in [0.25, 0.3) is 0 Å². The molecule has 0 aromatic heterocycles. The Bertz CT molecular complexity index is 564. The fourth-order valence-electron chi connectivity index (χ4n) is 2.04. The van der Waals surface area contributed by atoms with Crippen molar-refractivity contribution in [2.75, 3.05) is 18.1 Å². The summed E-state index contributed by atoms with van der Waals surface area (Å²) < 4.78 is 5.38. The Morgan fingerprint density at radius 3 is 2.81 bits per heavy atom. The van der Waals surface area contributed by atoms with Gasteiger partial charge >= 0.3 is 5.97 Å². The van der Waals surface area contributed by atoms with Crippen LogP contribution in [0.5, 0.6) is 5.75 Å². The van der Waals surface area contributed by atoms with E-state index in [4.69, 9.17) is 26.6 Å². The molecule has 7 nitrogen and oxygen atoms in total. The number of hydrogen-bond donors (Lipinski definition) is 3. The molecule has 0 bridgehead atoms. The van der Waals surface area contributed by atoms with Gasteiger partial charge in [0.2, 0.25) is 0 Å². The van der Waals surface area contributed by atoms with Gasteiger partial charge in [0.15, 0.2) is 6.10 Å². The average molecular weight is 316 g/mol. The molecule has 0 saturated heterocycles. The highest BCUT2D eigenvalue weighted by atomic mass is 35.5. The van der Waals surface area contributed by atoms with Crippen LogP contribution in [-0.4, -0.2) is 52.6 Å². The topological polar surface area (TPSA) is 107 Å². The molecular formula is C13H14ClNO6. The second-order valence-corrected chi connectivity index (χ2v) is 5.04. The van der Waals surface area contributed by atoms with Crippen molar-refractivity contribution in [1.29, 1.82) is 0 Å². The van der Waals surface area contributed by atoms with Gasteiger partial charge in [0.05, 0.1) is 31.4 Å². The molecule has 2 atom stereocenters. The van der Waals surface area contributed by atoms with Gasteiger partial charge in [0, 0.05) is 5.02 Å². The van der Waals surface area contributed by atoms with Crippen molar-refractivity contribution < 1.29 is 29.6 Å². The number of β-amino-alcohol motifs (C(OH)–C–C–N with tert-alkyl or cyclic N) is 1. The van der Waals surface area contributed by atoms with Crippen molar-refractivity contribution in [2.24, 2.45) is 0 Å². The molecule has 1 aliphatic heterocycles. The average Bonchev–Trinajstić information content (AvgIpc) is 2.43. The predicted octanol–water partition coefficient (Wildman–Crippen LogP) is 0.262. The van der Waals surface area contributed by atoms with Crippen LogP contribution in [0.4, 0.5) is 5.69 Å². The van der Waals surface area contributed by atoms with Crippen molar-refractivity contribution >= 4 is 29.2 Å². The smallest absolute Gasteiger partial charge is 0.307 e. The van der Waals surface area contributed by atoms with E-state index in [1.165, 1.54) is 17.0 Å². The zero-order valence-electron chi connectivity index (χ0n) is 10.9. The number of aliphatic carboxylic acids is 1. The minimum atomic E-state index is -1.18. The fraction of sp³-hybridized carbons (Fsp3) is 0.385. The molecule has 21 heavy (non-hydrogen) atoms. The number of fused-ring (bicyclic) bond motifs is 1. The van der Waals surface area contributed by atoms with Gasteiger partial charge in [-0.2, -0.15) is 0 Å². The maximum Gasteiger partial charge on any atom is 0.307 e. The Hall–Kier alpha value is -1.83. The van der Waals surface area contributed by atoms with Gasteiger partial charge in [-0.25, -0.2) is 0 Å². The molecular weight excluding hydrogens is 302 g/mol. The predicted molar refractivity (Wildman–Crippen MR) is 73.6 cm³/mol. The molecule has 1 aliphatic rings. The van der Waals surface area contributed by atoms with E-state index in [0.717, 1.165) is 0 Å². The first-order chi connectivity index (χ1) is 9.92. The number of carboxylic acid groups (broad SMARTS) is 1. The summed E-state index contributed by atoms with van der Waals surface area (Å²) in [5.41, 5.74) is 0.335. The van der Waals surface area contributed by atoms with Crippen LogP contribution in [0.15, 0.2) is 18.2 Å². The Morgan fingerprint density at radius 2 is 2.19 bits per heavy atom. The fourth-order valence-corrected chi connectivity index (χ4v) is 2.21. The lowest BCUT2D eigenvalue weighted by molar-refractivity contribution is -0.142. The third-order valence-electron chi connectivity index (χ3n) is 2.99. The monoisotopic (exact) mass is 315 g/mol. The van der Waals surface area contributed by atoms with Crippen molar-refractivity contribution in [3.63, 3.8) is 0 Å². The van der Waals surface area contributed by atoms with Crippen molar-refractivity contribution in [3.05, 3.63) is 23.2 Å². The number of benzene rings is 1. The quantitative estimate of drug-likeness (QED) is 0.719. The summed E-state index contributed by atoms with van der Waals surface area (Å²) in [4.78, 5) is 24.3. The Balaban J connectivity index is 2.37. The van der Waals surface area contributed by atoms with Gasteiger partial charge in [-0.1, -0.05) is 11.6 Å². The van der Waals surface area contributed by atoms with Crippen LogP contribution < -0.4 is 9.64 Å². The minimum absolute atomic E-state index is 0.178. The molecule has 8 heteroatoms. The molecule has 0 aliphatic carbocycles. The zero-order chi connectivity index (χ0) is 15.6. The van der Waals surface area contributed by atoms with E-state index in [2.05, 4.69) is 0 Å². The SMILES string of the molecule is O=C(O)CC1Oc2ccc(Cl)cc2N(CC(O)CO)C1=O. The van der Waals surface area contributed by atoms with E-state index in [-0.39, 0.29) is 6.54 Å². The first-order valence-electron chi connectivity index (χ1n) is 6.20. The van der Waals surface area contributed by atoms with E-state index >= 15 is 0 Å². The van der Waals surface area contributed by atoms with Crippen LogP contribution in [0.2, 0.25) is 5.02 Å². The largest absolute Gasteiger partial charge is 0.481 e. The second kappa shape index (κ2) is 6.30. The van der Waals surface area contributed by atoms with Crippen LogP contribution in [0, 0.1) is 0 Å². The molecule has 114 valence electrons. The van der Waals surface area contributed by atoms with Gasteiger partial charge in [0.1, 0.15) is 5.75 Å². The van der Waals surface area contributed by atoms with Crippen LogP contribution in [-0.2, 0) is 9.59 Å². The number of carboxylic acids is 1. The molecule has 1 aromatic carbocycles. The van der Waals surface area contributed by atoms with Gasteiger partial charge in [-0.3, -0.25) is 9.59 Å². The number of amides is 1. The van der Waals surface area contributed by atoms with Crippen LogP contribution >= 0.6 is 11.6 Å². The van der Waals surface area contributed by atoms with E-state index in [1.54, 1.807) is 6.07 Å². The summed E-state index contributed by atoms with van der Waals surface area (Å²) in [6.45, 7) is -0.702. The molecule has 1 heterocycles. The van der Waals surface area contributed by atoms with E-state index in [9.17, 15) is 14.7 Å². The second-order valence-electron chi connectivity index (χ2n) is 4.60. The number of aliphatic hydroxyl groups is 2. The maximum atomic E-state index is 12.3. The highest BCUT2D eigenvalue weighted by molar-refractivity contribution is 6.31. The lowest BCUT2D eigenvalue weighted by Gasteiger charge is -2.34. The number of anilines is 1. The highest BCUT2D eigenvalue weighted by Gasteiger charge is 2.36. The van der Waals surface area contributed by atoms with E-state index in [1.807, 2.05) is 0 Å². The number of carbonyl (C=O) groups is 2. The van der Waals surface area contributed by atoms with E-state index in [0.29, 0.717) is 16.5 Å². The van der Waals surface area contributed by atoms with Gasteiger partial charge < -0.3 is 25.0 Å². The van der Waals surface area contributed by atoms with Crippen molar-refractivity contribution in [3.8, 4) is 5.75 Å². The summed E-state index contributed by atoms with van der Waals surface area (Å²) in [6.07, 6.45) is -2.82. The van der Waals surface area contributed by atoms with Gasteiger partial charge in [-0.15, -0.1) is 0 Å². The van der Waals surface area contributed by atoms with Crippen LogP contribution in [0.3, 0.4) is 0 Å². The lowest BCUT2D eigenvalue weighted by Crippen LogP contribution is -2.49. The maximum absolute atomic E-state index is 12.3. The number of rotatable bonds is 5. The molecule has 1 amide bonds. The molecule has 2 unspecified atom stereocenters. The highest BCUT2D eigenvalue weighted by Crippen LogP contribution is 2.36. The number of ether oxygens (including phenoxy) is 1. The van der Waals surface area contributed by atoms with Crippen molar-refractivity contribution in [1.82, 2.24) is 0 Å². The number of carbonyl (C=O) groups excluding carboxylic acids is 1. The van der Waals surface area contributed by atoms with Gasteiger partial charge in [-0.05, 0) is 18.2 Å². The molecule has 2 rings (SSSR count). The summed E-state index contributed by atoms with van der Waals surface area (Å²) in [6, 6.07) is 4.56. The number of nitrogens with zero attached hydrogens (tertiary/aromatic N) is 1. The third-order valence-corrected chi connectivity index (χ3v) is 3.22. The summed E-state index contributed by atoms with van der Waals surface area (Å²) in [5.74, 6) is -1.47. The Kier molecular flexibility index (Phi) is 4.66. The standard InChI is InChI=1S/C13H14ClNO6/c14-7-1-2-10-9(3-7)15(5-8(17)6-16)13(20)11(21-10)4-12(18)19/h1-3,8,11,16-17H,4-6H2,(H,18,19). The molecule has 0 radical (unpaired) electrons. The molecule has 3 N–H and O–H groups in total. The first kappa shape index (κ1) is 15.6. The molecule has 0 saturated carbocycles. The normalized spacial score (nSPS) is 18.9. The first-order valence-corrected chi connectivity index (χ1v) is 6.58. The Labute approximate surface area is 125 Å². The molecule has 1 aromatic rings. The zero-order valence-corrected chi connectivity index (χ0v) is 11.7. The summed E-state index contributed by atoms with van der Waals surface area (Å²) in [5, 5.41) is 27.7. The Morgan fingerprint density at radius 1 is 1.48 bits per heavy atom. The third kappa shape index (κ3) is 3.44. The summed E-state index contributed by atoms with van der Waals surface area (Å²) in [7, 11) is 0. The van der Waals surface area contributed by atoms with E-state index < -0.39 is 37.1 Å². The molecule has 0 fully saturated rings. The van der Waals surface area contributed by atoms with Crippen molar-refractivity contribution in [2.45, 2.75) is 18.6 Å².